The Morgan fingerprint density at radius 2 is 1.84 bits per heavy atom. The van der Waals surface area contributed by atoms with Gasteiger partial charge in [-0.25, -0.2) is 0 Å². The summed E-state index contributed by atoms with van der Waals surface area (Å²) >= 11 is 0. The molecular formula is C15H24N2O2. The standard InChI is InChI=1S/C15H24N2O2/c1-11(2)17(9-13(4)18)10-15(19)16-14-7-5-12(3)6-8-14/h5-8,11,13,18H,9-10H2,1-4H3,(H,16,19). The number of aliphatic hydroxyl groups is 1. The molecule has 0 saturated carbocycles. The average Bonchev–Trinajstić information content (AvgIpc) is 2.30. The molecule has 1 aromatic rings. The Hall–Kier alpha value is -1.39. The fraction of sp³-hybridized carbons (Fsp3) is 0.533. The van der Waals surface area contributed by atoms with Crippen molar-refractivity contribution >= 4 is 11.6 Å². The summed E-state index contributed by atoms with van der Waals surface area (Å²) < 4.78 is 0. The molecule has 0 aliphatic heterocycles. The first kappa shape index (κ1) is 15.7. The highest BCUT2D eigenvalue weighted by Crippen LogP contribution is 2.09. The maximum absolute atomic E-state index is 12.0. The van der Waals surface area contributed by atoms with E-state index in [9.17, 15) is 9.90 Å². The van der Waals surface area contributed by atoms with Gasteiger partial charge in [0.05, 0.1) is 12.6 Å². The molecule has 0 bridgehead atoms. The number of carbonyl (C=O) groups excluding carboxylic acids is 1. The molecule has 1 amide bonds. The molecule has 0 aliphatic carbocycles. The van der Waals surface area contributed by atoms with E-state index in [1.165, 1.54) is 0 Å². The molecule has 19 heavy (non-hydrogen) atoms. The Bertz CT molecular complexity index is 399. The van der Waals surface area contributed by atoms with Gasteiger partial charge in [0.25, 0.3) is 0 Å². The van der Waals surface area contributed by atoms with Gasteiger partial charge in [0, 0.05) is 18.3 Å². The molecule has 1 unspecified atom stereocenters. The van der Waals surface area contributed by atoms with Crippen LogP contribution in [0.2, 0.25) is 0 Å². The van der Waals surface area contributed by atoms with Gasteiger partial charge in [0.2, 0.25) is 5.91 Å². The van der Waals surface area contributed by atoms with Crippen molar-refractivity contribution in [3.05, 3.63) is 29.8 Å². The normalized spacial score (nSPS) is 12.8. The lowest BCUT2D eigenvalue weighted by atomic mass is 10.2. The van der Waals surface area contributed by atoms with Crippen LogP contribution in [0.4, 0.5) is 5.69 Å². The SMILES string of the molecule is Cc1ccc(NC(=O)CN(CC(C)O)C(C)C)cc1. The highest BCUT2D eigenvalue weighted by Gasteiger charge is 2.15. The first-order chi connectivity index (χ1) is 8.88. The van der Waals surface area contributed by atoms with Crippen LogP contribution >= 0.6 is 0 Å². The molecule has 1 rings (SSSR count). The summed E-state index contributed by atoms with van der Waals surface area (Å²) in [7, 11) is 0. The zero-order valence-corrected chi connectivity index (χ0v) is 12.2. The number of carbonyl (C=O) groups is 1. The maximum atomic E-state index is 12.0. The monoisotopic (exact) mass is 264 g/mol. The summed E-state index contributed by atoms with van der Waals surface area (Å²) in [6.45, 7) is 8.56. The summed E-state index contributed by atoms with van der Waals surface area (Å²) in [5, 5.41) is 12.3. The lowest BCUT2D eigenvalue weighted by Crippen LogP contribution is -2.41. The van der Waals surface area contributed by atoms with Crippen LogP contribution in [-0.2, 0) is 4.79 Å². The first-order valence-corrected chi connectivity index (χ1v) is 6.67. The number of rotatable bonds is 6. The molecule has 0 saturated heterocycles. The van der Waals surface area contributed by atoms with Gasteiger partial charge in [-0.05, 0) is 39.8 Å². The quantitative estimate of drug-likeness (QED) is 0.826. The number of nitrogens with zero attached hydrogens (tertiary/aromatic N) is 1. The molecule has 4 heteroatoms. The third-order valence-electron chi connectivity index (χ3n) is 2.91. The van der Waals surface area contributed by atoms with Crippen LogP contribution < -0.4 is 5.32 Å². The number of aliphatic hydroxyl groups excluding tert-OH is 1. The van der Waals surface area contributed by atoms with E-state index in [1.54, 1.807) is 6.92 Å². The zero-order valence-electron chi connectivity index (χ0n) is 12.2. The molecule has 2 N–H and O–H groups in total. The lowest BCUT2D eigenvalue weighted by molar-refractivity contribution is -0.118. The molecule has 0 aromatic heterocycles. The van der Waals surface area contributed by atoms with E-state index >= 15 is 0 Å². The predicted molar refractivity (Wildman–Crippen MR) is 78.2 cm³/mol. The van der Waals surface area contributed by atoms with Crippen molar-refractivity contribution in [1.29, 1.82) is 0 Å². The van der Waals surface area contributed by atoms with E-state index in [4.69, 9.17) is 0 Å². The van der Waals surface area contributed by atoms with Gasteiger partial charge in [0.1, 0.15) is 0 Å². The van der Waals surface area contributed by atoms with E-state index < -0.39 is 6.10 Å². The Morgan fingerprint density at radius 3 is 2.32 bits per heavy atom. The molecule has 0 spiro atoms. The first-order valence-electron chi connectivity index (χ1n) is 6.67. The molecule has 4 nitrogen and oxygen atoms in total. The number of anilines is 1. The van der Waals surface area contributed by atoms with Gasteiger partial charge < -0.3 is 10.4 Å². The number of benzene rings is 1. The number of nitrogens with one attached hydrogen (secondary N) is 1. The Labute approximate surface area is 115 Å². The summed E-state index contributed by atoms with van der Waals surface area (Å²) in [5.41, 5.74) is 1.97. The van der Waals surface area contributed by atoms with Crippen molar-refractivity contribution in [3.63, 3.8) is 0 Å². The average molecular weight is 264 g/mol. The van der Waals surface area contributed by atoms with Crippen LogP contribution in [-0.4, -0.2) is 41.1 Å². The minimum atomic E-state index is -0.436. The van der Waals surface area contributed by atoms with Crippen molar-refractivity contribution in [1.82, 2.24) is 4.90 Å². The number of hydrogen-bond acceptors (Lipinski definition) is 3. The fourth-order valence-electron chi connectivity index (χ4n) is 1.82. The third-order valence-corrected chi connectivity index (χ3v) is 2.91. The van der Waals surface area contributed by atoms with Gasteiger partial charge >= 0.3 is 0 Å². The highest BCUT2D eigenvalue weighted by atomic mass is 16.3. The molecule has 1 aromatic carbocycles. The smallest absolute Gasteiger partial charge is 0.238 e. The second-order valence-electron chi connectivity index (χ2n) is 5.29. The predicted octanol–water partition coefficient (Wildman–Crippen LogP) is 2.02. The lowest BCUT2D eigenvalue weighted by Gasteiger charge is -2.26. The Kier molecular flexibility index (Phi) is 5.99. The molecule has 0 heterocycles. The summed E-state index contributed by atoms with van der Waals surface area (Å²) in [6.07, 6.45) is -0.436. The van der Waals surface area contributed by atoms with Crippen molar-refractivity contribution in [3.8, 4) is 0 Å². The van der Waals surface area contributed by atoms with Crippen LogP contribution in [0, 0.1) is 6.92 Å². The molecule has 0 fully saturated rings. The van der Waals surface area contributed by atoms with E-state index in [-0.39, 0.29) is 18.5 Å². The van der Waals surface area contributed by atoms with E-state index in [0.717, 1.165) is 11.3 Å². The van der Waals surface area contributed by atoms with Gasteiger partial charge in [0.15, 0.2) is 0 Å². The van der Waals surface area contributed by atoms with E-state index in [1.807, 2.05) is 49.9 Å². The molecular weight excluding hydrogens is 240 g/mol. The van der Waals surface area contributed by atoms with Crippen LogP contribution in [0.3, 0.4) is 0 Å². The van der Waals surface area contributed by atoms with Crippen molar-refractivity contribution < 1.29 is 9.90 Å². The van der Waals surface area contributed by atoms with E-state index in [0.29, 0.717) is 6.54 Å². The minimum Gasteiger partial charge on any atom is -0.392 e. The van der Waals surface area contributed by atoms with Crippen LogP contribution in [0.15, 0.2) is 24.3 Å². The summed E-state index contributed by atoms with van der Waals surface area (Å²) in [4.78, 5) is 13.9. The van der Waals surface area contributed by atoms with Crippen LogP contribution in [0.25, 0.3) is 0 Å². The van der Waals surface area contributed by atoms with Gasteiger partial charge in [-0.2, -0.15) is 0 Å². The number of aryl methyl sites for hydroxylation is 1. The largest absolute Gasteiger partial charge is 0.392 e. The topological polar surface area (TPSA) is 52.6 Å². The molecule has 1 atom stereocenters. The second-order valence-corrected chi connectivity index (χ2v) is 5.29. The highest BCUT2D eigenvalue weighted by molar-refractivity contribution is 5.92. The third kappa shape index (κ3) is 5.85. The fourth-order valence-corrected chi connectivity index (χ4v) is 1.82. The van der Waals surface area contributed by atoms with Gasteiger partial charge in [-0.15, -0.1) is 0 Å². The number of hydrogen-bond donors (Lipinski definition) is 2. The van der Waals surface area contributed by atoms with Crippen LogP contribution in [0.5, 0.6) is 0 Å². The molecule has 0 radical (unpaired) electrons. The Balaban J connectivity index is 2.55. The van der Waals surface area contributed by atoms with Crippen molar-refractivity contribution in [2.24, 2.45) is 0 Å². The van der Waals surface area contributed by atoms with Crippen LogP contribution in [0.1, 0.15) is 26.3 Å². The molecule has 0 aliphatic rings. The van der Waals surface area contributed by atoms with E-state index in [2.05, 4.69) is 5.32 Å². The van der Waals surface area contributed by atoms with Crippen molar-refractivity contribution in [2.75, 3.05) is 18.4 Å². The number of amides is 1. The van der Waals surface area contributed by atoms with Gasteiger partial charge in [-0.3, -0.25) is 9.69 Å². The molecule has 106 valence electrons. The van der Waals surface area contributed by atoms with Crippen molar-refractivity contribution in [2.45, 2.75) is 39.8 Å². The summed E-state index contributed by atoms with van der Waals surface area (Å²) in [6, 6.07) is 7.93. The Morgan fingerprint density at radius 1 is 1.26 bits per heavy atom. The zero-order chi connectivity index (χ0) is 14.4. The maximum Gasteiger partial charge on any atom is 0.238 e. The minimum absolute atomic E-state index is 0.0572. The second kappa shape index (κ2) is 7.26. The summed E-state index contributed by atoms with van der Waals surface area (Å²) in [5.74, 6) is -0.0572. The van der Waals surface area contributed by atoms with Gasteiger partial charge in [-0.1, -0.05) is 17.7 Å².